The van der Waals surface area contributed by atoms with Crippen molar-refractivity contribution in [1.82, 2.24) is 10.6 Å². The van der Waals surface area contributed by atoms with E-state index in [9.17, 15) is 4.79 Å². The van der Waals surface area contributed by atoms with Gasteiger partial charge in [-0.1, -0.05) is 12.7 Å². The van der Waals surface area contributed by atoms with Crippen molar-refractivity contribution in [1.29, 1.82) is 0 Å². The van der Waals surface area contributed by atoms with Gasteiger partial charge >= 0.3 is 5.97 Å². The maximum absolute atomic E-state index is 12.5. The van der Waals surface area contributed by atoms with E-state index < -0.39 is 12.0 Å². The molecule has 0 saturated carbocycles. The topological polar surface area (TPSA) is 68.8 Å². The average Bonchev–Trinajstić information content (AvgIpc) is 2.58. The van der Waals surface area contributed by atoms with Crippen molar-refractivity contribution < 1.29 is 19.0 Å². The van der Waals surface area contributed by atoms with Crippen molar-refractivity contribution in [2.24, 2.45) is 0 Å². The molecule has 6 nitrogen and oxygen atoms in total. The van der Waals surface area contributed by atoms with E-state index in [4.69, 9.17) is 26.4 Å². The molecule has 0 aromatic heterocycles. The van der Waals surface area contributed by atoms with Crippen molar-refractivity contribution in [3.05, 3.63) is 47.7 Å². The largest absolute Gasteiger partial charge is 0.497 e. The molecule has 0 bridgehead atoms. The average molecular weight is 348 g/mol. The molecular formula is C17H20N2O4S. The monoisotopic (exact) mass is 348 g/mol. The van der Waals surface area contributed by atoms with E-state index in [0.717, 1.165) is 5.56 Å². The van der Waals surface area contributed by atoms with Gasteiger partial charge in [-0.15, -0.1) is 0 Å². The maximum Gasteiger partial charge on any atom is 0.338 e. The molecule has 1 aliphatic rings. The second-order valence-electron chi connectivity index (χ2n) is 5.07. The molecule has 24 heavy (non-hydrogen) atoms. The Kier molecular flexibility index (Phi) is 5.81. The number of carbonyl (C=O) groups is 1. The number of hydrogen-bond donors (Lipinski definition) is 2. The molecule has 0 radical (unpaired) electrons. The van der Waals surface area contributed by atoms with Crippen molar-refractivity contribution in [3.8, 4) is 11.5 Å². The van der Waals surface area contributed by atoms with Gasteiger partial charge in [0, 0.05) is 11.3 Å². The zero-order chi connectivity index (χ0) is 17.7. The fourth-order valence-electron chi connectivity index (χ4n) is 2.48. The van der Waals surface area contributed by atoms with E-state index in [1.807, 2.05) is 0 Å². The van der Waals surface area contributed by atoms with E-state index in [-0.39, 0.29) is 6.61 Å². The highest BCUT2D eigenvalue weighted by Gasteiger charge is 2.33. The molecule has 1 aliphatic heterocycles. The van der Waals surface area contributed by atoms with Gasteiger partial charge in [-0.2, -0.15) is 0 Å². The molecule has 128 valence electrons. The molecule has 0 spiro atoms. The smallest absolute Gasteiger partial charge is 0.338 e. The highest BCUT2D eigenvalue weighted by molar-refractivity contribution is 7.80. The van der Waals surface area contributed by atoms with Crippen LogP contribution in [0.1, 0.15) is 18.5 Å². The Bertz CT molecular complexity index is 700. The van der Waals surface area contributed by atoms with E-state index in [1.54, 1.807) is 39.3 Å². The highest BCUT2D eigenvalue weighted by atomic mass is 32.1. The lowest BCUT2D eigenvalue weighted by Crippen LogP contribution is -2.45. The van der Waals surface area contributed by atoms with Crippen LogP contribution in [-0.2, 0) is 9.53 Å². The molecule has 2 rings (SSSR count). The molecule has 1 aromatic carbocycles. The number of rotatable bonds is 6. The Hall–Kier alpha value is -2.54. The quantitative estimate of drug-likeness (QED) is 0.464. The second kappa shape index (κ2) is 7.83. The fourth-order valence-corrected chi connectivity index (χ4v) is 2.75. The lowest BCUT2D eigenvalue weighted by molar-refractivity contribution is -0.138. The van der Waals surface area contributed by atoms with Crippen molar-refractivity contribution >= 4 is 23.3 Å². The first-order valence-corrected chi connectivity index (χ1v) is 7.70. The number of nitrogens with one attached hydrogen (secondary N) is 2. The van der Waals surface area contributed by atoms with Crippen LogP contribution in [0.3, 0.4) is 0 Å². The van der Waals surface area contributed by atoms with Crippen LogP contribution in [0.5, 0.6) is 11.5 Å². The van der Waals surface area contributed by atoms with E-state index in [1.165, 1.54) is 6.08 Å². The number of methoxy groups -OCH3 is 2. The van der Waals surface area contributed by atoms with Crippen LogP contribution in [0, 0.1) is 0 Å². The molecule has 0 unspecified atom stereocenters. The van der Waals surface area contributed by atoms with Gasteiger partial charge in [0.15, 0.2) is 5.11 Å². The lowest BCUT2D eigenvalue weighted by Gasteiger charge is -2.30. The molecule has 7 heteroatoms. The summed E-state index contributed by atoms with van der Waals surface area (Å²) in [6.45, 7) is 5.46. The molecule has 1 atom stereocenters. The Labute approximate surface area is 146 Å². The number of ether oxygens (including phenoxy) is 3. The van der Waals surface area contributed by atoms with E-state index in [2.05, 4.69) is 17.2 Å². The van der Waals surface area contributed by atoms with Crippen LogP contribution in [-0.4, -0.2) is 31.9 Å². The standard InChI is InChI=1S/C17H20N2O4S/c1-5-8-23-16(20)14-10(2)18-17(24)19-15(14)12-9-11(21-3)6-7-13(12)22-4/h5-7,9,15H,1,8H2,2-4H3,(H2,18,19,24)/t15-/m1/s1. The fraction of sp³-hybridized carbons (Fsp3) is 0.294. The Morgan fingerprint density at radius 2 is 2.12 bits per heavy atom. The van der Waals surface area contributed by atoms with Crippen LogP contribution < -0.4 is 20.1 Å². The van der Waals surface area contributed by atoms with Crippen LogP contribution in [0.25, 0.3) is 0 Å². The molecule has 1 heterocycles. The summed E-state index contributed by atoms with van der Waals surface area (Å²) in [5.41, 5.74) is 1.78. The molecular weight excluding hydrogens is 328 g/mol. The van der Waals surface area contributed by atoms with Gasteiger partial charge in [-0.25, -0.2) is 4.79 Å². The van der Waals surface area contributed by atoms with Gasteiger partial charge in [-0.05, 0) is 37.3 Å². The Balaban J connectivity index is 2.52. The number of benzene rings is 1. The number of allylic oxidation sites excluding steroid dienone is 1. The Morgan fingerprint density at radius 1 is 1.38 bits per heavy atom. The maximum atomic E-state index is 12.5. The van der Waals surface area contributed by atoms with Crippen molar-refractivity contribution in [3.63, 3.8) is 0 Å². The first kappa shape index (κ1) is 17.8. The summed E-state index contributed by atoms with van der Waals surface area (Å²) in [4.78, 5) is 12.5. The molecule has 2 N–H and O–H groups in total. The highest BCUT2D eigenvalue weighted by Crippen LogP contribution is 2.35. The minimum absolute atomic E-state index is 0.127. The molecule has 0 fully saturated rings. The van der Waals surface area contributed by atoms with E-state index in [0.29, 0.717) is 27.9 Å². The third-order valence-electron chi connectivity index (χ3n) is 3.57. The first-order valence-electron chi connectivity index (χ1n) is 7.30. The third kappa shape index (κ3) is 3.68. The van der Waals surface area contributed by atoms with Gasteiger partial charge in [0.1, 0.15) is 18.1 Å². The minimum atomic E-state index is -0.513. The molecule has 0 aliphatic carbocycles. The third-order valence-corrected chi connectivity index (χ3v) is 3.79. The zero-order valence-electron chi connectivity index (χ0n) is 13.8. The summed E-state index contributed by atoms with van der Waals surface area (Å²) < 4.78 is 15.9. The van der Waals surface area contributed by atoms with Crippen LogP contribution in [0.2, 0.25) is 0 Å². The van der Waals surface area contributed by atoms with Crippen molar-refractivity contribution in [2.45, 2.75) is 13.0 Å². The molecule has 1 aromatic rings. The minimum Gasteiger partial charge on any atom is -0.497 e. The summed E-state index contributed by atoms with van der Waals surface area (Å²) in [5, 5.41) is 6.47. The van der Waals surface area contributed by atoms with Crippen LogP contribution in [0.15, 0.2) is 42.1 Å². The normalized spacial score (nSPS) is 16.8. The second-order valence-corrected chi connectivity index (χ2v) is 5.47. The van der Waals surface area contributed by atoms with Crippen molar-refractivity contribution in [2.75, 3.05) is 20.8 Å². The predicted octanol–water partition coefficient (Wildman–Crippen LogP) is 2.23. The van der Waals surface area contributed by atoms with E-state index >= 15 is 0 Å². The number of hydrogen-bond acceptors (Lipinski definition) is 5. The summed E-state index contributed by atoms with van der Waals surface area (Å²) >= 11 is 5.23. The Morgan fingerprint density at radius 3 is 2.75 bits per heavy atom. The predicted molar refractivity (Wildman–Crippen MR) is 95.0 cm³/mol. The lowest BCUT2D eigenvalue weighted by atomic mass is 9.94. The summed E-state index contributed by atoms with van der Waals surface area (Å²) in [6, 6.07) is 4.86. The van der Waals surface area contributed by atoms with Gasteiger partial charge in [0.05, 0.1) is 25.8 Å². The van der Waals surface area contributed by atoms with Gasteiger partial charge < -0.3 is 24.8 Å². The number of carbonyl (C=O) groups excluding carboxylic acids is 1. The number of esters is 1. The van der Waals surface area contributed by atoms with Gasteiger partial charge in [0.2, 0.25) is 0 Å². The summed E-state index contributed by atoms with van der Waals surface area (Å²) in [7, 11) is 3.14. The van der Waals surface area contributed by atoms with Crippen LogP contribution in [0.4, 0.5) is 0 Å². The van der Waals surface area contributed by atoms with Gasteiger partial charge in [-0.3, -0.25) is 0 Å². The molecule has 0 amide bonds. The number of thiocarbonyl (C=S) groups is 1. The summed E-state index contributed by atoms with van der Waals surface area (Å²) in [5.74, 6) is 0.804. The zero-order valence-corrected chi connectivity index (χ0v) is 14.7. The van der Waals surface area contributed by atoms with Gasteiger partial charge in [0.25, 0.3) is 0 Å². The molecule has 0 saturated heterocycles. The SMILES string of the molecule is C=CCOC(=O)C1=C(C)NC(=S)N[C@@H]1c1cc(OC)ccc1OC. The summed E-state index contributed by atoms with van der Waals surface area (Å²) in [6.07, 6.45) is 1.52. The van der Waals surface area contributed by atoms with Crippen LogP contribution >= 0.6 is 12.2 Å². The first-order chi connectivity index (χ1) is 11.5.